The van der Waals surface area contributed by atoms with Gasteiger partial charge in [0.25, 0.3) is 5.69 Å². The topological polar surface area (TPSA) is 111 Å². The molecule has 0 aliphatic rings. The summed E-state index contributed by atoms with van der Waals surface area (Å²) in [7, 11) is 0. The van der Waals surface area contributed by atoms with Gasteiger partial charge in [0, 0.05) is 17.7 Å². The second kappa shape index (κ2) is 7.73. The Morgan fingerprint density at radius 2 is 1.89 bits per heavy atom. The van der Waals surface area contributed by atoms with E-state index in [4.69, 9.17) is 4.52 Å². The van der Waals surface area contributed by atoms with E-state index in [-0.39, 0.29) is 29.7 Å². The number of halogens is 1. The van der Waals surface area contributed by atoms with Crippen LogP contribution < -0.4 is 5.32 Å². The van der Waals surface area contributed by atoms with Gasteiger partial charge in [-0.25, -0.2) is 4.39 Å². The van der Waals surface area contributed by atoms with E-state index in [9.17, 15) is 19.3 Å². The standard InChI is InChI=1S/C18H15FN4O4/c1-11(18-21-17(22-27-18)13-4-6-14(19)7-5-13)20-16(24)10-12-2-8-15(9-3-12)23(25)26/h2-9,11H,10H2,1H3,(H,20,24). The van der Waals surface area contributed by atoms with E-state index >= 15 is 0 Å². The number of nitro benzene ring substituents is 1. The molecule has 138 valence electrons. The Bertz CT molecular complexity index is 954. The summed E-state index contributed by atoms with van der Waals surface area (Å²) in [5, 5.41) is 17.2. The molecule has 0 fully saturated rings. The zero-order chi connectivity index (χ0) is 19.4. The highest BCUT2D eigenvalue weighted by Crippen LogP contribution is 2.19. The molecule has 3 rings (SSSR count). The predicted molar refractivity (Wildman–Crippen MR) is 93.1 cm³/mol. The number of rotatable bonds is 6. The van der Waals surface area contributed by atoms with Crippen molar-refractivity contribution in [3.05, 3.63) is 75.9 Å². The molecular formula is C18H15FN4O4. The molecule has 27 heavy (non-hydrogen) atoms. The van der Waals surface area contributed by atoms with Crippen LogP contribution in [0.3, 0.4) is 0 Å². The number of hydrogen-bond acceptors (Lipinski definition) is 6. The smallest absolute Gasteiger partial charge is 0.269 e. The molecule has 1 amide bonds. The van der Waals surface area contributed by atoms with Gasteiger partial charge in [0.15, 0.2) is 0 Å². The molecule has 8 nitrogen and oxygen atoms in total. The van der Waals surface area contributed by atoms with Crippen molar-refractivity contribution in [2.75, 3.05) is 0 Å². The molecule has 9 heteroatoms. The van der Waals surface area contributed by atoms with E-state index in [1.807, 2.05) is 0 Å². The molecule has 3 aromatic rings. The van der Waals surface area contributed by atoms with Crippen molar-refractivity contribution in [1.29, 1.82) is 0 Å². The third-order valence-corrected chi connectivity index (χ3v) is 3.80. The Morgan fingerprint density at radius 1 is 1.22 bits per heavy atom. The number of aromatic nitrogens is 2. The maximum atomic E-state index is 13.0. The van der Waals surface area contributed by atoms with Gasteiger partial charge in [-0.05, 0) is 36.8 Å². The lowest BCUT2D eigenvalue weighted by Gasteiger charge is -2.09. The van der Waals surface area contributed by atoms with E-state index < -0.39 is 11.0 Å². The Morgan fingerprint density at radius 3 is 2.52 bits per heavy atom. The monoisotopic (exact) mass is 370 g/mol. The highest BCUT2D eigenvalue weighted by Gasteiger charge is 2.18. The quantitative estimate of drug-likeness (QED) is 0.527. The lowest BCUT2D eigenvalue weighted by molar-refractivity contribution is -0.384. The number of nitrogens with zero attached hydrogens (tertiary/aromatic N) is 3. The van der Waals surface area contributed by atoms with Crippen molar-refractivity contribution in [3.63, 3.8) is 0 Å². The van der Waals surface area contributed by atoms with E-state index in [0.29, 0.717) is 17.0 Å². The summed E-state index contributed by atoms with van der Waals surface area (Å²) >= 11 is 0. The third-order valence-electron chi connectivity index (χ3n) is 3.80. The highest BCUT2D eigenvalue weighted by molar-refractivity contribution is 5.79. The number of non-ortho nitro benzene ring substituents is 1. The molecular weight excluding hydrogens is 355 g/mol. The molecule has 1 unspecified atom stereocenters. The molecule has 1 heterocycles. The lowest BCUT2D eigenvalue weighted by atomic mass is 10.1. The fraction of sp³-hybridized carbons (Fsp3) is 0.167. The highest BCUT2D eigenvalue weighted by atomic mass is 19.1. The minimum absolute atomic E-state index is 0.0355. The van der Waals surface area contributed by atoms with Gasteiger partial charge in [-0.2, -0.15) is 4.98 Å². The van der Waals surface area contributed by atoms with Crippen molar-refractivity contribution >= 4 is 11.6 Å². The zero-order valence-electron chi connectivity index (χ0n) is 14.3. The normalized spacial score (nSPS) is 11.8. The average Bonchev–Trinajstić information content (AvgIpc) is 3.13. The molecule has 0 saturated carbocycles. The number of amides is 1. The van der Waals surface area contributed by atoms with Crippen molar-refractivity contribution in [2.24, 2.45) is 0 Å². The van der Waals surface area contributed by atoms with Gasteiger partial charge < -0.3 is 9.84 Å². The van der Waals surface area contributed by atoms with Crippen molar-refractivity contribution in [3.8, 4) is 11.4 Å². The molecule has 0 aliphatic heterocycles. The first-order chi connectivity index (χ1) is 12.9. The third kappa shape index (κ3) is 4.51. The Hall–Kier alpha value is -3.62. The van der Waals surface area contributed by atoms with Crippen LogP contribution in [0.5, 0.6) is 0 Å². The summed E-state index contributed by atoms with van der Waals surface area (Å²) in [6, 6.07) is 10.9. The minimum atomic E-state index is -0.530. The number of carbonyl (C=O) groups is 1. The molecule has 2 aromatic carbocycles. The number of nitro groups is 1. The molecule has 0 radical (unpaired) electrons. The summed E-state index contributed by atoms with van der Waals surface area (Å²) in [6.07, 6.45) is 0.0568. The summed E-state index contributed by atoms with van der Waals surface area (Å²) in [6.45, 7) is 1.69. The van der Waals surface area contributed by atoms with E-state index in [2.05, 4.69) is 15.5 Å². The second-order valence-electron chi connectivity index (χ2n) is 5.85. The first-order valence-corrected chi connectivity index (χ1v) is 8.04. The minimum Gasteiger partial charge on any atom is -0.344 e. The van der Waals surface area contributed by atoms with Crippen LogP contribution in [0.25, 0.3) is 11.4 Å². The molecule has 0 saturated heterocycles. The summed E-state index contributed by atoms with van der Waals surface area (Å²) in [5.74, 6) is -0.153. The Balaban J connectivity index is 1.61. The largest absolute Gasteiger partial charge is 0.344 e. The van der Waals surface area contributed by atoms with E-state index in [1.165, 1.54) is 48.5 Å². The van der Waals surface area contributed by atoms with E-state index in [0.717, 1.165) is 0 Å². The molecule has 1 aromatic heterocycles. The van der Waals surface area contributed by atoms with Crippen LogP contribution in [0.2, 0.25) is 0 Å². The van der Waals surface area contributed by atoms with Gasteiger partial charge in [-0.15, -0.1) is 0 Å². The van der Waals surface area contributed by atoms with E-state index in [1.54, 1.807) is 6.92 Å². The number of nitrogens with one attached hydrogen (secondary N) is 1. The molecule has 1 N–H and O–H groups in total. The maximum absolute atomic E-state index is 13.0. The molecule has 0 aliphatic carbocycles. The second-order valence-corrected chi connectivity index (χ2v) is 5.85. The number of benzene rings is 2. The Labute approximate surface area is 153 Å². The first kappa shape index (κ1) is 18.2. The van der Waals surface area contributed by atoms with Gasteiger partial charge in [0.1, 0.15) is 11.9 Å². The predicted octanol–water partition coefficient (Wildman–Crippen LogP) is 3.20. The van der Waals surface area contributed by atoms with Crippen LogP contribution in [0.1, 0.15) is 24.4 Å². The summed E-state index contributed by atoms with van der Waals surface area (Å²) in [5.41, 5.74) is 1.20. The molecule has 0 spiro atoms. The van der Waals surface area contributed by atoms with Gasteiger partial charge in [-0.1, -0.05) is 17.3 Å². The number of hydrogen-bond donors (Lipinski definition) is 1. The van der Waals surface area contributed by atoms with Crippen LogP contribution in [0.15, 0.2) is 53.1 Å². The summed E-state index contributed by atoms with van der Waals surface area (Å²) in [4.78, 5) is 26.5. The van der Waals surface area contributed by atoms with Crippen molar-refractivity contribution < 1.29 is 18.6 Å². The van der Waals surface area contributed by atoms with Crippen LogP contribution in [0, 0.1) is 15.9 Å². The van der Waals surface area contributed by atoms with Crippen LogP contribution in [0.4, 0.5) is 10.1 Å². The van der Waals surface area contributed by atoms with Crippen LogP contribution in [-0.4, -0.2) is 21.0 Å². The average molecular weight is 370 g/mol. The van der Waals surface area contributed by atoms with Gasteiger partial charge >= 0.3 is 0 Å². The zero-order valence-corrected chi connectivity index (χ0v) is 14.3. The van der Waals surface area contributed by atoms with Crippen molar-refractivity contribution in [1.82, 2.24) is 15.5 Å². The number of carbonyl (C=O) groups excluding carboxylic acids is 1. The Kier molecular flexibility index (Phi) is 5.20. The van der Waals surface area contributed by atoms with Gasteiger partial charge in [0.05, 0.1) is 11.3 Å². The molecule has 1 atom stereocenters. The van der Waals surface area contributed by atoms with Gasteiger partial charge in [-0.3, -0.25) is 14.9 Å². The van der Waals surface area contributed by atoms with Gasteiger partial charge in [0.2, 0.25) is 17.6 Å². The molecule has 0 bridgehead atoms. The van der Waals surface area contributed by atoms with Crippen LogP contribution in [-0.2, 0) is 11.2 Å². The van der Waals surface area contributed by atoms with Crippen molar-refractivity contribution in [2.45, 2.75) is 19.4 Å². The fourth-order valence-electron chi connectivity index (χ4n) is 2.40. The fourth-order valence-corrected chi connectivity index (χ4v) is 2.40. The first-order valence-electron chi connectivity index (χ1n) is 8.04. The SMILES string of the molecule is CC(NC(=O)Cc1ccc([N+](=O)[O-])cc1)c1nc(-c2ccc(F)cc2)no1. The lowest BCUT2D eigenvalue weighted by Crippen LogP contribution is -2.28. The van der Waals surface area contributed by atoms with Crippen LogP contribution >= 0.6 is 0 Å². The maximum Gasteiger partial charge on any atom is 0.269 e. The summed E-state index contributed by atoms with van der Waals surface area (Å²) < 4.78 is 18.1.